The molecule has 0 saturated carbocycles. The van der Waals surface area contributed by atoms with E-state index in [-0.39, 0.29) is 6.71 Å². The molecule has 3 aromatic rings. The predicted octanol–water partition coefficient (Wildman–Crippen LogP) is 2.62. The lowest BCUT2D eigenvalue weighted by atomic mass is 9.35. The Morgan fingerprint density at radius 1 is 0.619 bits per heavy atom. The van der Waals surface area contributed by atoms with Gasteiger partial charge in [-0.2, -0.15) is 0 Å². The van der Waals surface area contributed by atoms with Crippen molar-refractivity contribution in [2.45, 2.75) is 6.92 Å². The molecule has 4 rings (SSSR count). The topological polar surface area (TPSA) is 9.23 Å². The lowest BCUT2D eigenvalue weighted by Crippen LogP contribution is -2.55. The summed E-state index contributed by atoms with van der Waals surface area (Å²) in [7, 11) is 0. The molecular formula is C19H15BO. The third-order valence-electron chi connectivity index (χ3n) is 4.18. The molecule has 1 aliphatic rings. The second kappa shape index (κ2) is 4.82. The molecule has 21 heavy (non-hydrogen) atoms. The minimum Gasteiger partial charge on any atom is -0.458 e. The first kappa shape index (κ1) is 12.3. The fourth-order valence-electron chi connectivity index (χ4n) is 3.16. The number of hydrogen-bond acceptors (Lipinski definition) is 1. The van der Waals surface area contributed by atoms with Gasteiger partial charge in [-0.05, 0) is 30.0 Å². The maximum absolute atomic E-state index is 6.07. The van der Waals surface area contributed by atoms with E-state index in [0.717, 1.165) is 11.5 Å². The van der Waals surface area contributed by atoms with E-state index in [4.69, 9.17) is 4.74 Å². The predicted molar refractivity (Wildman–Crippen MR) is 88.8 cm³/mol. The standard InChI is InChI=1S/C19H15BO/c1-14-8-2-3-9-15(14)20-16-10-4-6-12-18(16)21-19-13-7-5-11-17(19)20/h2-13H,1H3. The van der Waals surface area contributed by atoms with E-state index in [1.165, 1.54) is 22.0 Å². The van der Waals surface area contributed by atoms with Gasteiger partial charge in [0, 0.05) is 0 Å². The van der Waals surface area contributed by atoms with Crippen molar-refractivity contribution in [3.05, 3.63) is 78.4 Å². The lowest BCUT2D eigenvalue weighted by Gasteiger charge is -2.27. The van der Waals surface area contributed by atoms with Crippen LogP contribution in [0, 0.1) is 6.92 Å². The molecule has 0 N–H and O–H groups in total. The minimum atomic E-state index is 0.243. The van der Waals surface area contributed by atoms with Crippen molar-refractivity contribution in [1.29, 1.82) is 0 Å². The SMILES string of the molecule is Cc1ccccc1B1c2ccccc2Oc2ccccc21. The van der Waals surface area contributed by atoms with Crippen LogP contribution in [0.5, 0.6) is 11.5 Å². The summed E-state index contributed by atoms with van der Waals surface area (Å²) < 4.78 is 6.07. The quantitative estimate of drug-likeness (QED) is 0.483. The smallest absolute Gasteiger partial charge is 0.251 e. The van der Waals surface area contributed by atoms with E-state index in [1.54, 1.807) is 0 Å². The van der Waals surface area contributed by atoms with E-state index in [0.29, 0.717) is 0 Å². The molecule has 2 heteroatoms. The van der Waals surface area contributed by atoms with Gasteiger partial charge in [-0.1, -0.05) is 71.7 Å². The van der Waals surface area contributed by atoms with Crippen molar-refractivity contribution >= 4 is 23.1 Å². The first-order chi connectivity index (χ1) is 10.3. The zero-order chi connectivity index (χ0) is 14.2. The van der Waals surface area contributed by atoms with E-state index < -0.39 is 0 Å². The van der Waals surface area contributed by atoms with Crippen LogP contribution >= 0.6 is 0 Å². The van der Waals surface area contributed by atoms with Crippen LogP contribution in [-0.4, -0.2) is 6.71 Å². The molecule has 0 radical (unpaired) electrons. The van der Waals surface area contributed by atoms with Crippen LogP contribution < -0.4 is 21.1 Å². The number of hydrogen-bond donors (Lipinski definition) is 0. The van der Waals surface area contributed by atoms with Crippen molar-refractivity contribution in [2.24, 2.45) is 0 Å². The van der Waals surface area contributed by atoms with Crippen molar-refractivity contribution in [1.82, 2.24) is 0 Å². The molecule has 0 aromatic heterocycles. The third kappa shape index (κ3) is 1.95. The molecule has 0 spiro atoms. The minimum absolute atomic E-state index is 0.243. The molecule has 1 nitrogen and oxygen atoms in total. The van der Waals surface area contributed by atoms with Gasteiger partial charge in [0.15, 0.2) is 0 Å². The third-order valence-corrected chi connectivity index (χ3v) is 4.18. The van der Waals surface area contributed by atoms with Gasteiger partial charge in [0.1, 0.15) is 11.5 Å². The largest absolute Gasteiger partial charge is 0.458 e. The number of rotatable bonds is 1. The van der Waals surface area contributed by atoms with Crippen LogP contribution in [0.3, 0.4) is 0 Å². The Kier molecular flexibility index (Phi) is 2.82. The second-order valence-electron chi connectivity index (χ2n) is 5.47. The van der Waals surface area contributed by atoms with Gasteiger partial charge in [0.25, 0.3) is 6.71 Å². The Morgan fingerprint density at radius 3 is 1.67 bits per heavy atom. The fourth-order valence-corrected chi connectivity index (χ4v) is 3.16. The van der Waals surface area contributed by atoms with Gasteiger partial charge in [-0.15, -0.1) is 0 Å². The van der Waals surface area contributed by atoms with Crippen LogP contribution in [-0.2, 0) is 0 Å². The number of fused-ring (bicyclic) bond motifs is 2. The highest BCUT2D eigenvalue weighted by Crippen LogP contribution is 2.23. The maximum Gasteiger partial charge on any atom is 0.251 e. The molecule has 0 bridgehead atoms. The summed E-state index contributed by atoms with van der Waals surface area (Å²) in [4.78, 5) is 0. The zero-order valence-corrected chi connectivity index (χ0v) is 11.9. The van der Waals surface area contributed by atoms with Crippen LogP contribution in [0.2, 0.25) is 0 Å². The summed E-state index contributed by atoms with van der Waals surface area (Å²) in [5, 5.41) is 0. The van der Waals surface area contributed by atoms with Crippen LogP contribution in [0.4, 0.5) is 0 Å². The molecule has 0 unspecified atom stereocenters. The Bertz CT molecular complexity index is 749. The Balaban J connectivity index is 2.00. The highest BCUT2D eigenvalue weighted by atomic mass is 16.5. The summed E-state index contributed by atoms with van der Waals surface area (Å²) in [5.74, 6) is 1.92. The van der Waals surface area contributed by atoms with Gasteiger partial charge in [-0.25, -0.2) is 0 Å². The molecule has 0 amide bonds. The molecule has 0 aliphatic carbocycles. The Hall–Kier alpha value is -2.48. The molecule has 0 saturated heterocycles. The summed E-state index contributed by atoms with van der Waals surface area (Å²) in [6.45, 7) is 2.42. The molecule has 0 atom stereocenters. The summed E-state index contributed by atoms with van der Waals surface area (Å²) >= 11 is 0. The van der Waals surface area contributed by atoms with Gasteiger partial charge < -0.3 is 4.74 Å². The Labute approximate surface area is 125 Å². The monoisotopic (exact) mass is 270 g/mol. The summed E-state index contributed by atoms with van der Waals surface area (Å²) in [5.41, 5.74) is 5.14. The van der Waals surface area contributed by atoms with Crippen molar-refractivity contribution in [3.63, 3.8) is 0 Å². The van der Waals surface area contributed by atoms with E-state index in [1.807, 2.05) is 12.1 Å². The maximum atomic E-state index is 6.07. The lowest BCUT2D eigenvalue weighted by molar-refractivity contribution is 0.487. The van der Waals surface area contributed by atoms with Crippen LogP contribution in [0.1, 0.15) is 5.56 Å². The number of para-hydroxylation sites is 2. The molecular weight excluding hydrogens is 255 g/mol. The van der Waals surface area contributed by atoms with Gasteiger partial charge in [-0.3, -0.25) is 0 Å². The molecule has 1 heterocycles. The highest BCUT2D eigenvalue weighted by Gasteiger charge is 2.32. The van der Waals surface area contributed by atoms with Crippen molar-refractivity contribution in [3.8, 4) is 11.5 Å². The number of benzene rings is 3. The van der Waals surface area contributed by atoms with Gasteiger partial charge >= 0.3 is 0 Å². The molecule has 1 aliphatic heterocycles. The zero-order valence-electron chi connectivity index (χ0n) is 11.9. The highest BCUT2D eigenvalue weighted by molar-refractivity contribution is 6.97. The molecule has 0 fully saturated rings. The first-order valence-electron chi connectivity index (χ1n) is 7.26. The first-order valence-corrected chi connectivity index (χ1v) is 7.26. The van der Waals surface area contributed by atoms with E-state index in [2.05, 4.69) is 67.6 Å². The van der Waals surface area contributed by atoms with Crippen LogP contribution in [0.25, 0.3) is 0 Å². The van der Waals surface area contributed by atoms with Crippen molar-refractivity contribution in [2.75, 3.05) is 0 Å². The average Bonchev–Trinajstić information content (AvgIpc) is 2.53. The number of ether oxygens (including phenoxy) is 1. The van der Waals surface area contributed by atoms with Crippen molar-refractivity contribution < 1.29 is 4.74 Å². The summed E-state index contributed by atoms with van der Waals surface area (Å²) in [6, 6.07) is 25.3. The van der Waals surface area contributed by atoms with E-state index >= 15 is 0 Å². The summed E-state index contributed by atoms with van der Waals surface area (Å²) in [6.07, 6.45) is 0. The molecule has 3 aromatic carbocycles. The fraction of sp³-hybridized carbons (Fsp3) is 0.0526. The number of aryl methyl sites for hydroxylation is 1. The Morgan fingerprint density at radius 2 is 1.10 bits per heavy atom. The van der Waals surface area contributed by atoms with Crippen LogP contribution in [0.15, 0.2) is 72.8 Å². The normalized spacial score (nSPS) is 12.3. The van der Waals surface area contributed by atoms with Gasteiger partial charge in [0.05, 0.1) is 0 Å². The second-order valence-corrected chi connectivity index (χ2v) is 5.47. The average molecular weight is 270 g/mol. The van der Waals surface area contributed by atoms with E-state index in [9.17, 15) is 0 Å². The van der Waals surface area contributed by atoms with Gasteiger partial charge in [0.2, 0.25) is 0 Å². The molecule has 100 valence electrons.